The van der Waals surface area contributed by atoms with Gasteiger partial charge in [-0.05, 0) is 67.1 Å². The van der Waals surface area contributed by atoms with Gasteiger partial charge in [-0.3, -0.25) is 14.5 Å². The van der Waals surface area contributed by atoms with Crippen LogP contribution in [0.5, 0.6) is 17.2 Å². The normalized spacial score (nSPS) is 16.4. The summed E-state index contributed by atoms with van der Waals surface area (Å²) < 4.78 is 17.7. The predicted molar refractivity (Wildman–Crippen MR) is 156 cm³/mol. The van der Waals surface area contributed by atoms with Gasteiger partial charge in [0.05, 0.1) is 35.5 Å². The molecule has 1 aliphatic rings. The fraction of sp³-hybridized carbons (Fsp3) is 0.167. The molecule has 5 rings (SSSR count). The van der Waals surface area contributed by atoms with E-state index in [1.807, 2.05) is 13.0 Å². The van der Waals surface area contributed by atoms with E-state index in [1.54, 1.807) is 67.8 Å². The number of anilines is 1. The van der Waals surface area contributed by atoms with Gasteiger partial charge in [-0.2, -0.15) is 0 Å². The standard InChI is InChI=1S/C30H25ClN2O6S/c1-4-14-39-22-13-8-18(15-23(22)38-5-2)26-25(27(34)17-6-9-19(31)10-7-17)28(35)29(36)33(26)30-32-21-12-11-20(37-3)16-24(21)40-30/h4,6-13,15-16,26,34H,1,5,14H2,2-3H3/b27-25+. The molecule has 0 bridgehead atoms. The average Bonchev–Trinajstić information content (AvgIpc) is 3.49. The summed E-state index contributed by atoms with van der Waals surface area (Å²) in [6.07, 6.45) is 1.62. The molecule has 0 aliphatic carbocycles. The molecule has 1 unspecified atom stereocenters. The van der Waals surface area contributed by atoms with Crippen molar-refractivity contribution in [1.29, 1.82) is 0 Å². The number of ether oxygens (including phenoxy) is 3. The average molecular weight is 577 g/mol. The Morgan fingerprint density at radius 1 is 1.10 bits per heavy atom. The number of amides is 1. The third-order valence-electron chi connectivity index (χ3n) is 6.29. The van der Waals surface area contributed by atoms with Crippen molar-refractivity contribution in [3.63, 3.8) is 0 Å². The summed E-state index contributed by atoms with van der Waals surface area (Å²) in [5.41, 5.74) is 1.44. The monoisotopic (exact) mass is 576 g/mol. The van der Waals surface area contributed by atoms with E-state index < -0.39 is 17.7 Å². The van der Waals surface area contributed by atoms with Crippen LogP contribution in [0.25, 0.3) is 16.0 Å². The molecule has 8 nitrogen and oxygen atoms in total. The Kier molecular flexibility index (Phi) is 7.77. The van der Waals surface area contributed by atoms with Crippen LogP contribution in [0.15, 0.2) is 78.9 Å². The van der Waals surface area contributed by atoms with Crippen LogP contribution in [0.1, 0.15) is 24.1 Å². The summed E-state index contributed by atoms with van der Waals surface area (Å²) in [6.45, 7) is 6.15. The zero-order valence-corrected chi connectivity index (χ0v) is 23.3. The van der Waals surface area contributed by atoms with Crippen LogP contribution in [0, 0.1) is 0 Å². The van der Waals surface area contributed by atoms with E-state index in [0.29, 0.717) is 50.7 Å². The quantitative estimate of drug-likeness (QED) is 0.104. The number of rotatable bonds is 9. The lowest BCUT2D eigenvalue weighted by molar-refractivity contribution is -0.132. The van der Waals surface area contributed by atoms with E-state index in [0.717, 1.165) is 4.70 Å². The Hall–Kier alpha value is -4.34. The van der Waals surface area contributed by atoms with E-state index in [9.17, 15) is 14.7 Å². The number of aliphatic hydroxyl groups is 1. The predicted octanol–water partition coefficient (Wildman–Crippen LogP) is 6.55. The van der Waals surface area contributed by atoms with E-state index in [-0.39, 0.29) is 17.9 Å². The number of carbonyl (C=O) groups is 2. The summed E-state index contributed by atoms with van der Waals surface area (Å²) >= 11 is 7.28. The molecule has 0 radical (unpaired) electrons. The molecular weight excluding hydrogens is 552 g/mol. The van der Waals surface area contributed by atoms with E-state index in [1.165, 1.54) is 16.2 Å². The molecule has 1 aromatic heterocycles. The molecule has 204 valence electrons. The van der Waals surface area contributed by atoms with Crippen molar-refractivity contribution in [2.24, 2.45) is 0 Å². The number of benzene rings is 3. The maximum atomic E-state index is 13.6. The second-order valence-corrected chi connectivity index (χ2v) is 10.2. The fourth-order valence-electron chi connectivity index (χ4n) is 4.46. The lowest BCUT2D eigenvalue weighted by Crippen LogP contribution is -2.29. The molecule has 1 aliphatic heterocycles. The Balaban J connectivity index is 1.71. The first-order valence-electron chi connectivity index (χ1n) is 12.4. The summed E-state index contributed by atoms with van der Waals surface area (Å²) in [4.78, 5) is 33.1. The van der Waals surface area contributed by atoms with Crippen molar-refractivity contribution in [3.8, 4) is 17.2 Å². The number of hydrogen-bond acceptors (Lipinski definition) is 8. The van der Waals surface area contributed by atoms with Crippen LogP contribution in [-0.2, 0) is 9.59 Å². The first-order chi connectivity index (χ1) is 19.4. The summed E-state index contributed by atoms with van der Waals surface area (Å²) in [5, 5.41) is 12.2. The highest BCUT2D eigenvalue weighted by Gasteiger charge is 2.48. The van der Waals surface area contributed by atoms with Crippen LogP contribution in [0.2, 0.25) is 5.02 Å². The summed E-state index contributed by atoms with van der Waals surface area (Å²) in [5.74, 6) is -0.424. The molecule has 1 amide bonds. The number of aliphatic hydroxyl groups excluding tert-OH is 1. The number of methoxy groups -OCH3 is 1. The minimum absolute atomic E-state index is 0.0774. The maximum absolute atomic E-state index is 13.6. The maximum Gasteiger partial charge on any atom is 0.301 e. The molecule has 2 heterocycles. The van der Waals surface area contributed by atoms with Gasteiger partial charge in [0, 0.05) is 10.6 Å². The lowest BCUT2D eigenvalue weighted by Gasteiger charge is -2.24. The van der Waals surface area contributed by atoms with Gasteiger partial charge in [0.15, 0.2) is 16.6 Å². The molecule has 1 saturated heterocycles. The third-order valence-corrected chi connectivity index (χ3v) is 7.56. The SMILES string of the molecule is C=CCOc1ccc(C2/C(=C(\O)c3ccc(Cl)cc3)C(=O)C(=O)N2c2nc3ccc(OC)cc3s2)cc1OCC. The van der Waals surface area contributed by atoms with Crippen molar-refractivity contribution < 1.29 is 28.9 Å². The van der Waals surface area contributed by atoms with Crippen molar-refractivity contribution >= 4 is 55.7 Å². The number of fused-ring (bicyclic) bond motifs is 1. The van der Waals surface area contributed by atoms with Crippen molar-refractivity contribution in [3.05, 3.63) is 95.0 Å². The molecule has 0 spiro atoms. The number of ketones is 1. The van der Waals surface area contributed by atoms with Gasteiger partial charge in [0.1, 0.15) is 18.1 Å². The topological polar surface area (TPSA) is 98.2 Å². The molecule has 1 fully saturated rings. The number of nitrogens with zero attached hydrogens (tertiary/aromatic N) is 2. The number of thiazole rings is 1. The Bertz CT molecular complexity index is 1650. The van der Waals surface area contributed by atoms with Crippen molar-refractivity contribution in [2.45, 2.75) is 13.0 Å². The second kappa shape index (κ2) is 11.4. The van der Waals surface area contributed by atoms with Crippen LogP contribution in [0.4, 0.5) is 5.13 Å². The van der Waals surface area contributed by atoms with Crippen LogP contribution in [-0.4, -0.2) is 42.1 Å². The van der Waals surface area contributed by atoms with Crippen LogP contribution < -0.4 is 19.1 Å². The van der Waals surface area contributed by atoms with Gasteiger partial charge in [0.25, 0.3) is 5.78 Å². The van der Waals surface area contributed by atoms with E-state index in [2.05, 4.69) is 11.6 Å². The Labute approximate surface area is 239 Å². The highest BCUT2D eigenvalue weighted by atomic mass is 35.5. The number of halogens is 1. The molecule has 0 saturated carbocycles. The molecular formula is C30H25ClN2O6S. The highest BCUT2D eigenvalue weighted by Crippen LogP contribution is 2.46. The largest absolute Gasteiger partial charge is 0.507 e. The summed E-state index contributed by atoms with van der Waals surface area (Å²) in [7, 11) is 1.57. The van der Waals surface area contributed by atoms with E-state index in [4.69, 9.17) is 25.8 Å². The molecule has 1 atom stereocenters. The van der Waals surface area contributed by atoms with E-state index >= 15 is 0 Å². The Morgan fingerprint density at radius 3 is 2.58 bits per heavy atom. The van der Waals surface area contributed by atoms with Gasteiger partial charge in [-0.25, -0.2) is 4.98 Å². The Morgan fingerprint density at radius 2 is 1.88 bits per heavy atom. The summed E-state index contributed by atoms with van der Waals surface area (Å²) in [6, 6.07) is 15.9. The molecule has 10 heteroatoms. The highest BCUT2D eigenvalue weighted by molar-refractivity contribution is 7.22. The molecule has 40 heavy (non-hydrogen) atoms. The van der Waals surface area contributed by atoms with Gasteiger partial charge in [0.2, 0.25) is 0 Å². The van der Waals surface area contributed by atoms with Crippen molar-refractivity contribution in [1.82, 2.24) is 4.98 Å². The van der Waals surface area contributed by atoms with Gasteiger partial charge in [-0.15, -0.1) is 0 Å². The smallest absolute Gasteiger partial charge is 0.301 e. The molecule has 4 aromatic rings. The minimum Gasteiger partial charge on any atom is -0.507 e. The van der Waals surface area contributed by atoms with Gasteiger partial charge >= 0.3 is 5.91 Å². The number of Topliss-reactive ketones (excluding diaryl/α,β-unsaturated/α-hetero) is 1. The number of hydrogen-bond donors (Lipinski definition) is 1. The lowest BCUT2D eigenvalue weighted by atomic mass is 9.95. The molecule has 1 N–H and O–H groups in total. The zero-order valence-electron chi connectivity index (χ0n) is 21.7. The third kappa shape index (κ3) is 5.01. The van der Waals surface area contributed by atoms with Crippen LogP contribution >= 0.6 is 22.9 Å². The first kappa shape index (κ1) is 27.2. The number of aromatic nitrogens is 1. The van der Waals surface area contributed by atoms with Gasteiger partial charge in [-0.1, -0.05) is 41.7 Å². The zero-order chi connectivity index (χ0) is 28.4. The second-order valence-electron chi connectivity index (χ2n) is 8.74. The van der Waals surface area contributed by atoms with Crippen molar-refractivity contribution in [2.75, 3.05) is 25.2 Å². The van der Waals surface area contributed by atoms with Gasteiger partial charge < -0.3 is 19.3 Å². The van der Waals surface area contributed by atoms with Crippen LogP contribution in [0.3, 0.4) is 0 Å². The minimum atomic E-state index is -0.995. The molecule has 3 aromatic carbocycles. The first-order valence-corrected chi connectivity index (χ1v) is 13.6. The fourth-order valence-corrected chi connectivity index (χ4v) is 5.61. The number of carbonyl (C=O) groups excluding carboxylic acids is 2.